The van der Waals surface area contributed by atoms with E-state index in [-0.39, 0.29) is 17.7 Å². The first-order valence-electron chi connectivity index (χ1n) is 12.5. The van der Waals surface area contributed by atoms with Crippen molar-refractivity contribution >= 4 is 28.5 Å². The largest absolute Gasteiger partial charge is 0.493 e. The molecule has 5 nitrogen and oxygen atoms in total. The van der Waals surface area contributed by atoms with Gasteiger partial charge in [0.1, 0.15) is 6.61 Å². The van der Waals surface area contributed by atoms with Gasteiger partial charge in [-0.1, -0.05) is 54.6 Å². The van der Waals surface area contributed by atoms with Gasteiger partial charge in [0, 0.05) is 28.5 Å². The lowest BCUT2D eigenvalue weighted by molar-refractivity contribution is -0.116. The number of Topliss-reactive ketones (excluding diaryl/α,β-unsaturated/α-hetero) is 1. The molecule has 6 rings (SSSR count). The number of para-hydroxylation sites is 2. The van der Waals surface area contributed by atoms with Crippen molar-refractivity contribution in [1.29, 1.82) is 0 Å². The highest BCUT2D eigenvalue weighted by Crippen LogP contribution is 2.45. The topological polar surface area (TPSA) is 59.6 Å². The van der Waals surface area contributed by atoms with Crippen molar-refractivity contribution in [1.82, 2.24) is 0 Å². The minimum Gasteiger partial charge on any atom is -0.493 e. The first-order valence-corrected chi connectivity index (χ1v) is 13.3. The summed E-state index contributed by atoms with van der Waals surface area (Å²) in [5.74, 6) is 1.67. The predicted molar refractivity (Wildman–Crippen MR) is 149 cm³/mol. The Kier molecular flexibility index (Phi) is 6.41. The molecular formula is C31H28N2O3S. The fourth-order valence-electron chi connectivity index (χ4n) is 5.19. The van der Waals surface area contributed by atoms with Crippen LogP contribution in [0.25, 0.3) is 0 Å². The molecule has 0 fully saturated rings. The summed E-state index contributed by atoms with van der Waals surface area (Å²) in [7, 11) is 1.65. The van der Waals surface area contributed by atoms with Gasteiger partial charge in [0.15, 0.2) is 17.3 Å². The van der Waals surface area contributed by atoms with Gasteiger partial charge in [-0.2, -0.15) is 0 Å². The van der Waals surface area contributed by atoms with E-state index in [1.807, 2.05) is 66.7 Å². The van der Waals surface area contributed by atoms with Gasteiger partial charge in [0.25, 0.3) is 0 Å². The third kappa shape index (κ3) is 4.72. The monoisotopic (exact) mass is 508 g/mol. The van der Waals surface area contributed by atoms with Crippen LogP contribution in [-0.4, -0.2) is 12.9 Å². The van der Waals surface area contributed by atoms with Gasteiger partial charge >= 0.3 is 0 Å². The predicted octanol–water partition coefficient (Wildman–Crippen LogP) is 7.32. The van der Waals surface area contributed by atoms with Crippen molar-refractivity contribution in [2.24, 2.45) is 0 Å². The summed E-state index contributed by atoms with van der Waals surface area (Å²) < 4.78 is 11.8. The van der Waals surface area contributed by atoms with Gasteiger partial charge in [-0.05, 0) is 53.3 Å². The second kappa shape index (κ2) is 10.1. The van der Waals surface area contributed by atoms with Crippen molar-refractivity contribution in [2.45, 2.75) is 31.4 Å². The molecule has 6 heteroatoms. The Morgan fingerprint density at radius 2 is 1.70 bits per heavy atom. The lowest BCUT2D eigenvalue weighted by atomic mass is 9.80. The second-order valence-electron chi connectivity index (χ2n) is 9.37. The van der Waals surface area contributed by atoms with Crippen molar-refractivity contribution in [3.05, 3.63) is 118 Å². The summed E-state index contributed by atoms with van der Waals surface area (Å²) in [4.78, 5) is 15.0. The number of fused-ring (bicyclic) bond motifs is 1. The highest BCUT2D eigenvalue weighted by Gasteiger charge is 2.36. The molecule has 2 heterocycles. The van der Waals surface area contributed by atoms with Crippen LogP contribution < -0.4 is 20.1 Å². The molecule has 2 N–H and O–H groups in total. The highest BCUT2D eigenvalue weighted by molar-refractivity contribution is 7.10. The Morgan fingerprint density at radius 3 is 2.49 bits per heavy atom. The van der Waals surface area contributed by atoms with Crippen molar-refractivity contribution in [3.63, 3.8) is 0 Å². The SMILES string of the molecule is COc1cc(C2Nc3ccccc3NC3=C2C(=O)CC(c2cccs2)C3)ccc1OCc1ccccc1. The normalized spacial score (nSPS) is 18.7. The molecule has 0 saturated carbocycles. The number of thiophene rings is 1. The van der Waals surface area contributed by atoms with E-state index in [0.717, 1.165) is 40.2 Å². The molecule has 2 atom stereocenters. The number of carbonyl (C=O) groups excluding carboxylic acids is 1. The number of carbonyl (C=O) groups is 1. The number of hydrogen-bond acceptors (Lipinski definition) is 6. The minimum absolute atomic E-state index is 0.167. The molecule has 1 aliphatic carbocycles. The number of benzene rings is 3. The smallest absolute Gasteiger partial charge is 0.163 e. The molecule has 2 unspecified atom stereocenters. The maximum Gasteiger partial charge on any atom is 0.163 e. The minimum atomic E-state index is -0.306. The van der Waals surface area contributed by atoms with E-state index in [0.29, 0.717) is 24.5 Å². The second-order valence-corrected chi connectivity index (χ2v) is 10.3. The molecule has 0 amide bonds. The lowest BCUT2D eigenvalue weighted by Crippen LogP contribution is -2.26. The molecule has 2 aliphatic rings. The zero-order valence-electron chi connectivity index (χ0n) is 20.6. The number of nitrogens with one attached hydrogen (secondary N) is 2. The molecule has 1 aliphatic heterocycles. The maximum atomic E-state index is 13.7. The maximum absolute atomic E-state index is 13.7. The fourth-order valence-corrected chi connectivity index (χ4v) is 6.02. The van der Waals surface area contributed by atoms with E-state index in [1.165, 1.54) is 4.88 Å². The summed E-state index contributed by atoms with van der Waals surface area (Å²) in [5.41, 5.74) is 5.77. The van der Waals surface area contributed by atoms with E-state index in [1.54, 1.807) is 18.4 Å². The molecule has 0 radical (unpaired) electrons. The van der Waals surface area contributed by atoms with Gasteiger partial charge in [-0.15, -0.1) is 11.3 Å². The number of rotatable bonds is 6. The first kappa shape index (κ1) is 23.4. The van der Waals surface area contributed by atoms with Crippen LogP contribution >= 0.6 is 11.3 Å². The number of allylic oxidation sites excluding steroid dienone is 1. The van der Waals surface area contributed by atoms with Crippen LogP contribution in [0.3, 0.4) is 0 Å². The van der Waals surface area contributed by atoms with Crippen LogP contribution in [0, 0.1) is 0 Å². The van der Waals surface area contributed by atoms with E-state index in [4.69, 9.17) is 9.47 Å². The van der Waals surface area contributed by atoms with Gasteiger partial charge in [0.05, 0.1) is 24.5 Å². The molecular weight excluding hydrogens is 480 g/mol. The Hall–Kier alpha value is -4.03. The summed E-state index contributed by atoms with van der Waals surface area (Å²) in [6, 6.07) is 28.0. The van der Waals surface area contributed by atoms with E-state index in [9.17, 15) is 4.79 Å². The van der Waals surface area contributed by atoms with Crippen LogP contribution in [-0.2, 0) is 11.4 Å². The fraction of sp³-hybridized carbons (Fsp3) is 0.194. The number of methoxy groups -OCH3 is 1. The zero-order chi connectivity index (χ0) is 25.2. The van der Waals surface area contributed by atoms with Gasteiger partial charge in [-0.25, -0.2) is 0 Å². The zero-order valence-corrected chi connectivity index (χ0v) is 21.4. The van der Waals surface area contributed by atoms with Crippen LogP contribution in [0.4, 0.5) is 11.4 Å². The lowest BCUT2D eigenvalue weighted by Gasteiger charge is -2.29. The van der Waals surface area contributed by atoms with Crippen LogP contribution in [0.5, 0.6) is 11.5 Å². The van der Waals surface area contributed by atoms with Gasteiger partial charge in [0.2, 0.25) is 0 Å². The van der Waals surface area contributed by atoms with Crippen LogP contribution in [0.15, 0.2) is 102 Å². The van der Waals surface area contributed by atoms with Gasteiger partial charge in [-0.3, -0.25) is 4.79 Å². The van der Waals surface area contributed by atoms with Crippen LogP contribution in [0.1, 0.15) is 40.8 Å². The Labute approximate surface area is 220 Å². The first-order chi connectivity index (χ1) is 18.2. The standard InChI is InChI=1S/C31H28N2O3S/c1-35-28-18-21(13-14-27(28)36-19-20-8-3-2-4-9-20)31-30-25(32-23-10-5-6-11-24(23)33-31)16-22(17-26(30)34)29-12-7-15-37-29/h2-15,18,22,31-33H,16-17,19H2,1H3. The van der Waals surface area contributed by atoms with Crippen molar-refractivity contribution in [3.8, 4) is 11.5 Å². The van der Waals surface area contributed by atoms with E-state index >= 15 is 0 Å². The summed E-state index contributed by atoms with van der Waals surface area (Å²) in [6.45, 7) is 0.452. The average molecular weight is 509 g/mol. The Balaban J connectivity index is 1.36. The van der Waals surface area contributed by atoms with Gasteiger partial charge < -0.3 is 20.1 Å². The third-order valence-electron chi connectivity index (χ3n) is 7.01. The van der Waals surface area contributed by atoms with Crippen molar-refractivity contribution < 1.29 is 14.3 Å². The number of hydrogen-bond donors (Lipinski definition) is 2. The number of ketones is 1. The van der Waals surface area contributed by atoms with Crippen molar-refractivity contribution in [2.75, 3.05) is 17.7 Å². The Morgan fingerprint density at radius 1 is 0.892 bits per heavy atom. The number of anilines is 2. The van der Waals surface area contributed by atoms with E-state index < -0.39 is 0 Å². The molecule has 3 aromatic carbocycles. The van der Waals surface area contributed by atoms with Crippen LogP contribution in [0.2, 0.25) is 0 Å². The van der Waals surface area contributed by atoms with E-state index in [2.05, 4.69) is 34.2 Å². The third-order valence-corrected chi connectivity index (χ3v) is 8.05. The molecule has 0 saturated heterocycles. The molecule has 186 valence electrons. The highest BCUT2D eigenvalue weighted by atomic mass is 32.1. The quantitative estimate of drug-likeness (QED) is 0.286. The summed E-state index contributed by atoms with van der Waals surface area (Å²) in [5, 5.41) is 9.34. The Bertz CT molecular complexity index is 1450. The summed E-state index contributed by atoms with van der Waals surface area (Å²) in [6.07, 6.45) is 1.30. The molecule has 0 spiro atoms. The molecule has 37 heavy (non-hydrogen) atoms. The average Bonchev–Trinajstić information content (AvgIpc) is 3.42. The summed E-state index contributed by atoms with van der Waals surface area (Å²) >= 11 is 1.72. The number of ether oxygens (including phenoxy) is 2. The molecule has 0 bridgehead atoms. The molecule has 4 aromatic rings. The molecule has 1 aromatic heterocycles.